The van der Waals surface area contributed by atoms with Gasteiger partial charge in [-0.1, -0.05) is 22.0 Å². The predicted molar refractivity (Wildman–Crippen MR) is 59.5 cm³/mol. The van der Waals surface area contributed by atoms with E-state index in [0.29, 0.717) is 4.47 Å². The topological polar surface area (TPSA) is 38.0 Å². The van der Waals surface area contributed by atoms with Crippen molar-refractivity contribution in [1.29, 1.82) is 0 Å². The fraction of sp³-hybridized carbons (Fsp3) is 0.400. The Balaban J connectivity index is 2.87. The molecule has 0 saturated heterocycles. The molecule has 0 aliphatic heterocycles. The molecule has 0 radical (unpaired) electrons. The van der Waals surface area contributed by atoms with E-state index in [1.54, 1.807) is 6.07 Å². The van der Waals surface area contributed by atoms with E-state index in [2.05, 4.69) is 21.4 Å². The first-order valence-corrected chi connectivity index (χ1v) is 5.61. The van der Waals surface area contributed by atoms with E-state index in [0.717, 1.165) is 0 Å². The van der Waals surface area contributed by atoms with Gasteiger partial charge in [0.2, 0.25) is 0 Å². The van der Waals surface area contributed by atoms with Crippen molar-refractivity contribution in [2.45, 2.75) is 25.1 Å². The summed E-state index contributed by atoms with van der Waals surface area (Å²) in [5.74, 6) is 4.57. The third-order valence-corrected chi connectivity index (χ3v) is 2.96. The molecule has 0 aromatic heterocycles. The average Bonchev–Trinajstić information content (AvgIpc) is 2.21. The molecule has 17 heavy (non-hydrogen) atoms. The summed E-state index contributed by atoms with van der Waals surface area (Å²) in [6.45, 7) is 0. The van der Waals surface area contributed by atoms with Crippen molar-refractivity contribution in [3.05, 3.63) is 34.1 Å². The monoisotopic (exact) mass is 314 g/mol. The van der Waals surface area contributed by atoms with Crippen LogP contribution in [0, 0.1) is 5.82 Å². The maximum absolute atomic E-state index is 13.5. The van der Waals surface area contributed by atoms with Crippen molar-refractivity contribution >= 4 is 15.9 Å². The zero-order valence-electron chi connectivity index (χ0n) is 8.69. The largest absolute Gasteiger partial charge is 0.389 e. The van der Waals surface area contributed by atoms with Crippen LogP contribution in [-0.4, -0.2) is 6.18 Å². The maximum atomic E-state index is 13.5. The van der Waals surface area contributed by atoms with Crippen molar-refractivity contribution in [1.82, 2.24) is 5.43 Å². The molecule has 0 heterocycles. The fourth-order valence-electron chi connectivity index (χ4n) is 1.46. The molecule has 7 heteroatoms. The minimum atomic E-state index is -4.28. The van der Waals surface area contributed by atoms with Crippen LogP contribution in [-0.2, 0) is 0 Å². The van der Waals surface area contributed by atoms with Crippen molar-refractivity contribution in [2.24, 2.45) is 5.84 Å². The van der Waals surface area contributed by atoms with E-state index < -0.39 is 24.5 Å². The molecule has 0 aliphatic carbocycles. The number of benzene rings is 1. The summed E-state index contributed by atoms with van der Waals surface area (Å²) in [5, 5.41) is 0. The Morgan fingerprint density at radius 3 is 2.47 bits per heavy atom. The molecular formula is C10H11BrF4N2. The number of rotatable bonds is 4. The third-order valence-electron chi connectivity index (χ3n) is 2.27. The van der Waals surface area contributed by atoms with Crippen LogP contribution in [0.2, 0.25) is 0 Å². The van der Waals surface area contributed by atoms with E-state index >= 15 is 0 Å². The lowest BCUT2D eigenvalue weighted by Crippen LogP contribution is -2.30. The number of nitrogens with two attached hydrogens (primary N) is 1. The summed E-state index contributed by atoms with van der Waals surface area (Å²) < 4.78 is 50.2. The fourth-order valence-corrected chi connectivity index (χ4v) is 2.08. The smallest absolute Gasteiger partial charge is 0.271 e. The number of hydrazine groups is 1. The SMILES string of the molecule is NNC(CCC(F)(F)F)c1c(F)cccc1Br. The Labute approximate surface area is 104 Å². The van der Waals surface area contributed by atoms with Gasteiger partial charge in [-0.15, -0.1) is 0 Å². The van der Waals surface area contributed by atoms with Crippen LogP contribution in [0.3, 0.4) is 0 Å². The normalized spacial score (nSPS) is 13.8. The van der Waals surface area contributed by atoms with Gasteiger partial charge < -0.3 is 0 Å². The number of hydrogen-bond acceptors (Lipinski definition) is 2. The number of nitrogens with one attached hydrogen (secondary N) is 1. The molecule has 0 amide bonds. The summed E-state index contributed by atoms with van der Waals surface area (Å²) in [5.41, 5.74) is 2.31. The van der Waals surface area contributed by atoms with Crippen LogP contribution in [0.4, 0.5) is 17.6 Å². The van der Waals surface area contributed by atoms with Crippen LogP contribution in [0.15, 0.2) is 22.7 Å². The standard InChI is InChI=1S/C10H11BrF4N2/c11-6-2-1-3-7(12)9(6)8(17-16)4-5-10(13,14)15/h1-3,8,17H,4-5,16H2. The Morgan fingerprint density at radius 1 is 1.35 bits per heavy atom. The van der Waals surface area contributed by atoms with Gasteiger partial charge in [-0.2, -0.15) is 13.2 Å². The van der Waals surface area contributed by atoms with E-state index in [1.807, 2.05) is 0 Å². The third kappa shape index (κ3) is 4.25. The molecule has 96 valence electrons. The van der Waals surface area contributed by atoms with Crippen LogP contribution >= 0.6 is 15.9 Å². The lowest BCUT2D eigenvalue weighted by Gasteiger charge is -2.19. The highest BCUT2D eigenvalue weighted by molar-refractivity contribution is 9.10. The Bertz CT molecular complexity index is 361. The minimum Gasteiger partial charge on any atom is -0.271 e. The van der Waals surface area contributed by atoms with Gasteiger partial charge in [-0.05, 0) is 18.6 Å². The summed E-state index contributed by atoms with van der Waals surface area (Å²) in [7, 11) is 0. The molecule has 1 atom stereocenters. The van der Waals surface area contributed by atoms with Crippen LogP contribution in [0.25, 0.3) is 0 Å². The van der Waals surface area contributed by atoms with E-state index in [9.17, 15) is 17.6 Å². The van der Waals surface area contributed by atoms with E-state index in [-0.39, 0.29) is 12.0 Å². The number of halogens is 5. The van der Waals surface area contributed by atoms with Gasteiger partial charge in [0.1, 0.15) is 5.82 Å². The molecule has 1 rings (SSSR count). The van der Waals surface area contributed by atoms with Gasteiger partial charge in [-0.25, -0.2) is 4.39 Å². The second-order valence-electron chi connectivity index (χ2n) is 3.51. The summed E-state index contributed by atoms with van der Waals surface area (Å²) >= 11 is 3.09. The highest BCUT2D eigenvalue weighted by Gasteiger charge is 2.29. The highest BCUT2D eigenvalue weighted by Crippen LogP contribution is 2.32. The quantitative estimate of drug-likeness (QED) is 0.507. The maximum Gasteiger partial charge on any atom is 0.389 e. The zero-order chi connectivity index (χ0) is 13.1. The molecule has 1 aromatic rings. The van der Waals surface area contributed by atoms with Crippen molar-refractivity contribution < 1.29 is 17.6 Å². The summed E-state index contributed by atoms with van der Waals surface area (Å²) in [4.78, 5) is 0. The molecule has 0 saturated carbocycles. The molecule has 1 aromatic carbocycles. The van der Waals surface area contributed by atoms with E-state index in [4.69, 9.17) is 5.84 Å². The molecule has 2 nitrogen and oxygen atoms in total. The first-order chi connectivity index (χ1) is 7.85. The van der Waals surface area contributed by atoms with Crippen LogP contribution in [0.1, 0.15) is 24.4 Å². The second kappa shape index (κ2) is 5.79. The van der Waals surface area contributed by atoms with Gasteiger partial charge in [0, 0.05) is 16.5 Å². The zero-order valence-corrected chi connectivity index (χ0v) is 10.3. The molecule has 1 unspecified atom stereocenters. The molecule has 3 N–H and O–H groups in total. The van der Waals surface area contributed by atoms with Crippen molar-refractivity contribution in [3.63, 3.8) is 0 Å². The first-order valence-electron chi connectivity index (χ1n) is 4.82. The van der Waals surface area contributed by atoms with Crippen molar-refractivity contribution in [3.8, 4) is 0 Å². The average molecular weight is 315 g/mol. The second-order valence-corrected chi connectivity index (χ2v) is 4.36. The summed E-state index contributed by atoms with van der Waals surface area (Å²) in [6, 6.07) is 3.31. The molecule has 0 bridgehead atoms. The van der Waals surface area contributed by atoms with E-state index in [1.165, 1.54) is 12.1 Å². The van der Waals surface area contributed by atoms with Crippen molar-refractivity contribution in [2.75, 3.05) is 0 Å². The highest BCUT2D eigenvalue weighted by atomic mass is 79.9. The predicted octanol–water partition coefficient (Wildman–Crippen LogP) is 3.44. The molecule has 0 fully saturated rings. The van der Waals surface area contributed by atoms with Gasteiger partial charge in [0.05, 0.1) is 6.04 Å². The summed E-state index contributed by atoms with van der Waals surface area (Å²) in [6.07, 6.45) is -5.63. The van der Waals surface area contributed by atoms with Gasteiger partial charge in [-0.3, -0.25) is 11.3 Å². The Morgan fingerprint density at radius 2 is 2.00 bits per heavy atom. The van der Waals surface area contributed by atoms with Crippen LogP contribution in [0.5, 0.6) is 0 Å². The Kier molecular flexibility index (Phi) is 4.91. The minimum absolute atomic E-state index is 0.110. The molecular weight excluding hydrogens is 304 g/mol. The lowest BCUT2D eigenvalue weighted by molar-refractivity contribution is -0.136. The number of hydrogen-bond donors (Lipinski definition) is 2. The lowest BCUT2D eigenvalue weighted by atomic mass is 10.0. The number of alkyl halides is 3. The molecule has 0 aliphatic rings. The Hall–Kier alpha value is -0.660. The van der Waals surface area contributed by atoms with Crippen LogP contribution < -0.4 is 11.3 Å². The van der Waals surface area contributed by atoms with Gasteiger partial charge in [0.25, 0.3) is 0 Å². The van der Waals surface area contributed by atoms with Gasteiger partial charge in [0.15, 0.2) is 0 Å². The first kappa shape index (κ1) is 14.4. The van der Waals surface area contributed by atoms with Gasteiger partial charge >= 0.3 is 6.18 Å². The molecule has 0 spiro atoms.